The summed E-state index contributed by atoms with van der Waals surface area (Å²) in [5.74, 6) is -0.547. The van der Waals surface area contributed by atoms with E-state index in [-0.39, 0.29) is 18.0 Å². The van der Waals surface area contributed by atoms with E-state index in [1.807, 2.05) is 0 Å². The number of benzene rings is 1. The number of nitrogens with zero attached hydrogens (tertiary/aromatic N) is 1. The van der Waals surface area contributed by atoms with Crippen LogP contribution in [-0.4, -0.2) is 31.7 Å². The fourth-order valence-corrected chi connectivity index (χ4v) is 1.34. The van der Waals surface area contributed by atoms with Gasteiger partial charge in [0, 0.05) is 12.6 Å². The molecule has 0 spiro atoms. The summed E-state index contributed by atoms with van der Waals surface area (Å²) in [6.45, 7) is 0.154. The minimum Gasteiger partial charge on any atom is -0.475 e. The molecule has 18 heavy (non-hydrogen) atoms. The minimum atomic E-state index is -0.594. The number of nitrogens with one attached hydrogen (secondary N) is 1. The van der Waals surface area contributed by atoms with Crippen molar-refractivity contribution in [3.05, 3.63) is 33.9 Å². The first kappa shape index (κ1) is 13.9. The van der Waals surface area contributed by atoms with E-state index in [0.29, 0.717) is 6.54 Å². The summed E-state index contributed by atoms with van der Waals surface area (Å²) in [6.07, 6.45) is 0. The van der Waals surface area contributed by atoms with Crippen LogP contribution in [0.15, 0.2) is 18.2 Å². The lowest BCUT2D eigenvalue weighted by Gasteiger charge is -2.07. The molecular weight excluding hydrogens is 240 g/mol. The lowest BCUT2D eigenvalue weighted by atomic mass is 10.2. The van der Waals surface area contributed by atoms with E-state index in [4.69, 9.17) is 4.74 Å². The van der Waals surface area contributed by atoms with E-state index < -0.39 is 10.9 Å². The lowest BCUT2D eigenvalue weighted by molar-refractivity contribution is -0.385. The highest BCUT2D eigenvalue weighted by atomic mass is 16.6. The molecule has 98 valence electrons. The first-order chi connectivity index (χ1) is 8.58. The van der Waals surface area contributed by atoms with Crippen LogP contribution in [0.1, 0.15) is 5.56 Å². The molecule has 1 N–H and O–H groups in total. The van der Waals surface area contributed by atoms with Gasteiger partial charge in [0.1, 0.15) is 0 Å². The van der Waals surface area contributed by atoms with Gasteiger partial charge in [-0.25, -0.2) is 4.79 Å². The van der Waals surface area contributed by atoms with Gasteiger partial charge < -0.3 is 14.8 Å². The van der Waals surface area contributed by atoms with Crippen LogP contribution in [0.5, 0.6) is 5.75 Å². The number of nitro groups is 1. The maximum absolute atomic E-state index is 10.9. The standard InChI is InChI=1S/C11H14N2O5/c1-12-6-8-3-4-10(9(5-8)13(15)16)18-7-11(14)17-2/h3-5,12H,6-7H2,1-2H3. The number of nitro benzene ring substituents is 1. The highest BCUT2D eigenvalue weighted by Crippen LogP contribution is 2.27. The summed E-state index contributed by atoms with van der Waals surface area (Å²) in [5.41, 5.74) is 0.585. The molecule has 0 aromatic heterocycles. The first-order valence-corrected chi connectivity index (χ1v) is 5.20. The van der Waals surface area contributed by atoms with Gasteiger partial charge in [0.15, 0.2) is 12.4 Å². The molecule has 0 saturated carbocycles. The molecule has 7 heteroatoms. The third kappa shape index (κ3) is 3.70. The van der Waals surface area contributed by atoms with Crippen LogP contribution < -0.4 is 10.1 Å². The third-order valence-corrected chi connectivity index (χ3v) is 2.17. The summed E-state index contributed by atoms with van der Waals surface area (Å²) in [5, 5.41) is 13.8. The summed E-state index contributed by atoms with van der Waals surface area (Å²) < 4.78 is 9.44. The number of methoxy groups -OCH3 is 1. The fraction of sp³-hybridized carbons (Fsp3) is 0.364. The van der Waals surface area contributed by atoms with E-state index in [9.17, 15) is 14.9 Å². The molecule has 0 unspecified atom stereocenters. The summed E-state index contributed by atoms with van der Waals surface area (Å²) in [7, 11) is 2.96. The molecule has 1 aromatic carbocycles. The molecule has 0 heterocycles. The molecule has 1 rings (SSSR count). The van der Waals surface area contributed by atoms with Gasteiger partial charge in [0.2, 0.25) is 0 Å². The second kappa shape index (κ2) is 6.55. The Bertz CT molecular complexity index is 447. The van der Waals surface area contributed by atoms with E-state index >= 15 is 0 Å². The van der Waals surface area contributed by atoms with Gasteiger partial charge in [-0.3, -0.25) is 10.1 Å². The molecule has 0 aliphatic rings. The van der Waals surface area contributed by atoms with Gasteiger partial charge in [-0.15, -0.1) is 0 Å². The normalized spacial score (nSPS) is 9.89. The van der Waals surface area contributed by atoms with Crippen LogP contribution in [0.3, 0.4) is 0 Å². The lowest BCUT2D eigenvalue weighted by Crippen LogP contribution is -2.13. The molecule has 7 nitrogen and oxygen atoms in total. The van der Waals surface area contributed by atoms with Crippen LogP contribution in [0, 0.1) is 10.1 Å². The number of ether oxygens (including phenoxy) is 2. The van der Waals surface area contributed by atoms with E-state index in [1.165, 1.54) is 19.2 Å². The minimum absolute atomic E-state index is 0.0465. The van der Waals surface area contributed by atoms with Gasteiger partial charge in [-0.2, -0.15) is 0 Å². The Hall–Kier alpha value is -2.15. The number of esters is 1. The number of rotatable bonds is 6. The highest BCUT2D eigenvalue weighted by Gasteiger charge is 2.17. The van der Waals surface area contributed by atoms with Crippen molar-refractivity contribution in [2.24, 2.45) is 0 Å². The van der Waals surface area contributed by atoms with Gasteiger partial charge >= 0.3 is 11.7 Å². The molecule has 0 radical (unpaired) electrons. The van der Waals surface area contributed by atoms with Crippen LogP contribution in [0.25, 0.3) is 0 Å². The number of hydrogen-bond acceptors (Lipinski definition) is 6. The number of carbonyl (C=O) groups is 1. The zero-order chi connectivity index (χ0) is 13.5. The van der Waals surface area contributed by atoms with Crippen molar-refractivity contribution in [2.45, 2.75) is 6.54 Å². The molecule has 0 aliphatic carbocycles. The molecule has 0 atom stereocenters. The van der Waals surface area contributed by atoms with Crippen molar-refractivity contribution in [1.82, 2.24) is 5.32 Å². The van der Waals surface area contributed by atoms with E-state index in [2.05, 4.69) is 10.1 Å². The topological polar surface area (TPSA) is 90.7 Å². The third-order valence-electron chi connectivity index (χ3n) is 2.17. The molecule has 0 amide bonds. The zero-order valence-electron chi connectivity index (χ0n) is 10.1. The Labute approximate surface area is 104 Å². The summed E-state index contributed by atoms with van der Waals surface area (Å²) in [6, 6.07) is 4.56. The molecule has 0 bridgehead atoms. The predicted octanol–water partition coefficient (Wildman–Crippen LogP) is 0.866. The quantitative estimate of drug-likeness (QED) is 0.460. The fourth-order valence-electron chi connectivity index (χ4n) is 1.34. The SMILES string of the molecule is CNCc1ccc(OCC(=O)OC)c([N+](=O)[O-])c1. The average Bonchev–Trinajstić information content (AvgIpc) is 2.36. The maximum Gasteiger partial charge on any atom is 0.343 e. The first-order valence-electron chi connectivity index (χ1n) is 5.20. The van der Waals surface area contributed by atoms with E-state index in [1.54, 1.807) is 13.1 Å². The smallest absolute Gasteiger partial charge is 0.343 e. The van der Waals surface area contributed by atoms with Gasteiger partial charge in [-0.05, 0) is 18.7 Å². The Morgan fingerprint density at radius 1 is 1.50 bits per heavy atom. The molecule has 0 aliphatic heterocycles. The van der Waals surface area contributed by atoms with E-state index in [0.717, 1.165) is 5.56 Å². The largest absolute Gasteiger partial charge is 0.475 e. The Kier molecular flexibility index (Phi) is 5.06. The van der Waals surface area contributed by atoms with Crippen LogP contribution >= 0.6 is 0 Å². The monoisotopic (exact) mass is 254 g/mol. The summed E-state index contributed by atoms with van der Waals surface area (Å²) in [4.78, 5) is 21.2. The predicted molar refractivity (Wildman–Crippen MR) is 63.4 cm³/mol. The maximum atomic E-state index is 10.9. The van der Waals surface area contributed by atoms with Crippen molar-refractivity contribution in [1.29, 1.82) is 0 Å². The molecular formula is C11H14N2O5. The van der Waals surface area contributed by atoms with Gasteiger partial charge in [-0.1, -0.05) is 6.07 Å². The van der Waals surface area contributed by atoms with Crippen LogP contribution in [0.4, 0.5) is 5.69 Å². The number of carbonyl (C=O) groups excluding carboxylic acids is 1. The van der Waals surface area contributed by atoms with Gasteiger partial charge in [0.25, 0.3) is 0 Å². The van der Waals surface area contributed by atoms with Crippen molar-refractivity contribution < 1.29 is 19.2 Å². The van der Waals surface area contributed by atoms with Crippen molar-refractivity contribution in [2.75, 3.05) is 20.8 Å². The molecule has 0 fully saturated rings. The Balaban J connectivity index is 2.89. The van der Waals surface area contributed by atoms with Gasteiger partial charge in [0.05, 0.1) is 12.0 Å². The summed E-state index contributed by atoms with van der Waals surface area (Å²) >= 11 is 0. The van der Waals surface area contributed by atoms with Crippen LogP contribution in [0.2, 0.25) is 0 Å². The van der Waals surface area contributed by atoms with Crippen molar-refractivity contribution in [3.63, 3.8) is 0 Å². The van der Waals surface area contributed by atoms with Crippen LogP contribution in [-0.2, 0) is 16.1 Å². The second-order valence-electron chi connectivity index (χ2n) is 3.45. The zero-order valence-corrected chi connectivity index (χ0v) is 10.1. The van der Waals surface area contributed by atoms with Crippen molar-refractivity contribution >= 4 is 11.7 Å². The molecule has 0 saturated heterocycles. The highest BCUT2D eigenvalue weighted by molar-refractivity contribution is 5.71. The number of hydrogen-bond donors (Lipinski definition) is 1. The Morgan fingerprint density at radius 3 is 2.78 bits per heavy atom. The van der Waals surface area contributed by atoms with Crippen molar-refractivity contribution in [3.8, 4) is 5.75 Å². The second-order valence-corrected chi connectivity index (χ2v) is 3.45. The Morgan fingerprint density at radius 2 is 2.22 bits per heavy atom. The molecule has 1 aromatic rings. The average molecular weight is 254 g/mol.